The van der Waals surface area contributed by atoms with E-state index in [0.717, 1.165) is 5.69 Å². The largest absolute Gasteiger partial charge is 0.378 e. The highest BCUT2D eigenvalue weighted by Crippen LogP contribution is 2.23. The number of rotatable bonds is 1. The summed E-state index contributed by atoms with van der Waals surface area (Å²) in [5.41, 5.74) is 2.48. The Morgan fingerprint density at radius 1 is 1.32 bits per heavy atom. The van der Waals surface area contributed by atoms with Gasteiger partial charge in [-0.3, -0.25) is 4.79 Å². The summed E-state index contributed by atoms with van der Waals surface area (Å²) in [7, 11) is 0. The van der Waals surface area contributed by atoms with Gasteiger partial charge in [0.15, 0.2) is 0 Å². The van der Waals surface area contributed by atoms with Crippen molar-refractivity contribution in [3.63, 3.8) is 0 Å². The van der Waals surface area contributed by atoms with E-state index in [0.29, 0.717) is 48.7 Å². The second-order valence-corrected chi connectivity index (χ2v) is 4.66. The maximum absolute atomic E-state index is 12.6. The van der Waals surface area contributed by atoms with Gasteiger partial charge >= 0.3 is 0 Å². The molecule has 1 aliphatic heterocycles. The molecule has 0 unspecified atom stereocenters. The molecule has 0 saturated carbocycles. The van der Waals surface area contributed by atoms with Crippen LogP contribution in [-0.2, 0) is 4.74 Å². The van der Waals surface area contributed by atoms with Gasteiger partial charge in [-0.05, 0) is 19.9 Å². The molecule has 6 heteroatoms. The molecule has 3 rings (SSSR count). The van der Waals surface area contributed by atoms with Crippen molar-refractivity contribution < 1.29 is 14.1 Å². The van der Waals surface area contributed by atoms with E-state index >= 15 is 0 Å². The quantitative estimate of drug-likeness (QED) is 0.774. The first-order valence-electron chi connectivity index (χ1n) is 6.27. The van der Waals surface area contributed by atoms with Crippen LogP contribution in [0.15, 0.2) is 10.6 Å². The molecule has 0 spiro atoms. The van der Waals surface area contributed by atoms with Gasteiger partial charge in [0.2, 0.25) is 0 Å². The fourth-order valence-electron chi connectivity index (χ4n) is 2.32. The van der Waals surface area contributed by atoms with Crippen molar-refractivity contribution in [2.75, 3.05) is 26.3 Å². The number of nitrogens with zero attached hydrogens (tertiary/aromatic N) is 3. The first kappa shape index (κ1) is 12.1. The lowest BCUT2D eigenvalue weighted by molar-refractivity contribution is 0.0304. The average Bonchev–Trinajstić information content (AvgIpc) is 2.79. The molecule has 2 aromatic rings. The molecule has 0 aliphatic carbocycles. The molecule has 0 N–H and O–H groups in total. The highest BCUT2D eigenvalue weighted by Gasteiger charge is 2.23. The van der Waals surface area contributed by atoms with Gasteiger partial charge in [0.1, 0.15) is 0 Å². The Morgan fingerprint density at radius 3 is 2.79 bits per heavy atom. The molecule has 3 heterocycles. The standard InChI is InChI=1S/C13H15N3O3/c1-8-7-10(11-9(2)15-19-12(11)14-8)13(17)16-3-5-18-6-4-16/h7H,3-6H2,1-2H3. The Hall–Kier alpha value is -1.95. The maximum Gasteiger partial charge on any atom is 0.258 e. The van der Waals surface area contributed by atoms with E-state index in [4.69, 9.17) is 9.26 Å². The third-order valence-corrected chi connectivity index (χ3v) is 3.27. The summed E-state index contributed by atoms with van der Waals surface area (Å²) in [5.74, 6) is -0.00917. The molecule has 1 amide bonds. The zero-order chi connectivity index (χ0) is 13.4. The van der Waals surface area contributed by atoms with E-state index in [-0.39, 0.29) is 5.91 Å². The van der Waals surface area contributed by atoms with Crippen molar-refractivity contribution in [2.24, 2.45) is 0 Å². The van der Waals surface area contributed by atoms with Gasteiger partial charge in [0.05, 0.1) is 29.9 Å². The Kier molecular flexibility index (Phi) is 2.94. The number of morpholine rings is 1. The molecule has 1 fully saturated rings. The SMILES string of the molecule is Cc1cc(C(=O)N2CCOCC2)c2c(C)noc2n1. The van der Waals surface area contributed by atoms with Crippen molar-refractivity contribution in [3.05, 3.63) is 23.0 Å². The highest BCUT2D eigenvalue weighted by atomic mass is 16.5. The van der Waals surface area contributed by atoms with Gasteiger partial charge in [-0.1, -0.05) is 5.16 Å². The van der Waals surface area contributed by atoms with Gasteiger partial charge in [-0.2, -0.15) is 0 Å². The second kappa shape index (κ2) is 4.62. The van der Waals surface area contributed by atoms with Crippen LogP contribution in [0.2, 0.25) is 0 Å². The summed E-state index contributed by atoms with van der Waals surface area (Å²) >= 11 is 0. The summed E-state index contributed by atoms with van der Waals surface area (Å²) in [5, 5.41) is 4.60. The van der Waals surface area contributed by atoms with E-state index in [1.54, 1.807) is 11.0 Å². The summed E-state index contributed by atoms with van der Waals surface area (Å²) in [6, 6.07) is 1.80. The van der Waals surface area contributed by atoms with Gasteiger partial charge < -0.3 is 14.2 Å². The fourth-order valence-corrected chi connectivity index (χ4v) is 2.32. The van der Waals surface area contributed by atoms with Gasteiger partial charge in [-0.25, -0.2) is 4.98 Å². The zero-order valence-corrected chi connectivity index (χ0v) is 11.0. The molecule has 2 aromatic heterocycles. The Morgan fingerprint density at radius 2 is 2.05 bits per heavy atom. The van der Waals surface area contributed by atoms with E-state index in [1.165, 1.54) is 0 Å². The summed E-state index contributed by atoms with van der Waals surface area (Å²) in [6.45, 7) is 6.06. The molecular weight excluding hydrogens is 246 g/mol. The van der Waals surface area contributed by atoms with E-state index in [9.17, 15) is 4.79 Å². The lowest BCUT2D eigenvalue weighted by atomic mass is 10.1. The van der Waals surface area contributed by atoms with Crippen molar-refractivity contribution in [1.82, 2.24) is 15.0 Å². The first-order chi connectivity index (χ1) is 9.16. The lowest BCUT2D eigenvalue weighted by Crippen LogP contribution is -2.40. The number of ether oxygens (including phenoxy) is 1. The number of amides is 1. The monoisotopic (exact) mass is 261 g/mol. The number of carbonyl (C=O) groups is 1. The predicted molar refractivity (Wildman–Crippen MR) is 68.0 cm³/mol. The van der Waals surface area contributed by atoms with E-state index in [2.05, 4.69) is 10.1 Å². The van der Waals surface area contributed by atoms with Crippen LogP contribution in [0.3, 0.4) is 0 Å². The third-order valence-electron chi connectivity index (χ3n) is 3.27. The van der Waals surface area contributed by atoms with Crippen molar-refractivity contribution in [1.29, 1.82) is 0 Å². The summed E-state index contributed by atoms with van der Waals surface area (Å²) in [6.07, 6.45) is 0. The van der Waals surface area contributed by atoms with Gasteiger partial charge in [-0.15, -0.1) is 0 Å². The Labute approximate surface area is 110 Å². The number of fused-ring (bicyclic) bond motifs is 1. The number of pyridine rings is 1. The number of carbonyl (C=O) groups excluding carboxylic acids is 1. The Balaban J connectivity index is 2.07. The molecule has 19 heavy (non-hydrogen) atoms. The molecular formula is C13H15N3O3. The van der Waals surface area contributed by atoms with Crippen LogP contribution in [0.1, 0.15) is 21.7 Å². The van der Waals surface area contributed by atoms with Crippen LogP contribution in [0, 0.1) is 13.8 Å². The number of aryl methyl sites for hydroxylation is 2. The van der Waals surface area contributed by atoms with E-state index < -0.39 is 0 Å². The van der Waals surface area contributed by atoms with E-state index in [1.807, 2.05) is 13.8 Å². The topological polar surface area (TPSA) is 68.5 Å². The van der Waals surface area contributed by atoms with Crippen LogP contribution < -0.4 is 0 Å². The van der Waals surface area contributed by atoms with Crippen molar-refractivity contribution in [3.8, 4) is 0 Å². The zero-order valence-electron chi connectivity index (χ0n) is 11.0. The van der Waals surface area contributed by atoms with Crippen molar-refractivity contribution >= 4 is 17.0 Å². The fraction of sp³-hybridized carbons (Fsp3) is 0.462. The Bertz CT molecular complexity index is 629. The molecule has 1 aliphatic rings. The average molecular weight is 261 g/mol. The van der Waals surface area contributed by atoms with Crippen LogP contribution in [-0.4, -0.2) is 47.3 Å². The second-order valence-electron chi connectivity index (χ2n) is 4.66. The molecule has 0 atom stereocenters. The number of hydrogen-bond acceptors (Lipinski definition) is 5. The molecule has 1 saturated heterocycles. The minimum Gasteiger partial charge on any atom is -0.378 e. The molecule has 6 nitrogen and oxygen atoms in total. The van der Waals surface area contributed by atoms with Crippen molar-refractivity contribution in [2.45, 2.75) is 13.8 Å². The first-order valence-corrected chi connectivity index (χ1v) is 6.27. The molecule has 0 aromatic carbocycles. The maximum atomic E-state index is 12.6. The van der Waals surface area contributed by atoms with Crippen LogP contribution in [0.25, 0.3) is 11.1 Å². The minimum absolute atomic E-state index is 0.00917. The summed E-state index contributed by atoms with van der Waals surface area (Å²) in [4.78, 5) is 18.6. The van der Waals surface area contributed by atoms with Crippen LogP contribution in [0.4, 0.5) is 0 Å². The lowest BCUT2D eigenvalue weighted by Gasteiger charge is -2.27. The molecule has 0 radical (unpaired) electrons. The predicted octanol–water partition coefficient (Wildman–Crippen LogP) is 1.31. The number of aromatic nitrogens is 2. The summed E-state index contributed by atoms with van der Waals surface area (Å²) < 4.78 is 10.4. The number of hydrogen-bond donors (Lipinski definition) is 0. The molecule has 0 bridgehead atoms. The smallest absolute Gasteiger partial charge is 0.258 e. The van der Waals surface area contributed by atoms with Gasteiger partial charge in [0.25, 0.3) is 11.6 Å². The highest BCUT2D eigenvalue weighted by molar-refractivity contribution is 6.06. The van der Waals surface area contributed by atoms with Gasteiger partial charge in [0, 0.05) is 18.8 Å². The minimum atomic E-state index is -0.00917. The van der Waals surface area contributed by atoms with Crippen LogP contribution >= 0.6 is 0 Å². The molecule has 100 valence electrons. The van der Waals surface area contributed by atoms with Crippen LogP contribution in [0.5, 0.6) is 0 Å². The third kappa shape index (κ3) is 2.08. The normalized spacial score (nSPS) is 16.0.